The van der Waals surface area contributed by atoms with Gasteiger partial charge in [0.05, 0.1) is 19.8 Å². The first-order valence-electron chi connectivity index (χ1n) is 5.76. The van der Waals surface area contributed by atoms with Crippen molar-refractivity contribution < 1.29 is 19.0 Å². The molecule has 0 saturated heterocycles. The number of hydrogen-bond donors (Lipinski definition) is 1. The molecule has 0 heterocycles. The van der Waals surface area contributed by atoms with Crippen LogP contribution in [0.15, 0.2) is 18.2 Å². The number of rotatable bonds is 7. The van der Waals surface area contributed by atoms with Gasteiger partial charge in [-0.25, -0.2) is 4.39 Å². The lowest BCUT2D eigenvalue weighted by Crippen LogP contribution is -2.19. The molecule has 1 unspecified atom stereocenters. The van der Waals surface area contributed by atoms with Crippen LogP contribution in [0.5, 0.6) is 5.75 Å². The van der Waals surface area contributed by atoms with Crippen molar-refractivity contribution in [1.29, 1.82) is 0 Å². The van der Waals surface area contributed by atoms with Gasteiger partial charge in [0.15, 0.2) is 11.6 Å². The molecule has 1 rings (SSSR count). The number of aliphatic hydroxyl groups excluding tert-OH is 1. The minimum atomic E-state index is -0.692. The topological polar surface area (TPSA) is 38.7 Å². The van der Waals surface area contributed by atoms with E-state index >= 15 is 0 Å². The van der Waals surface area contributed by atoms with Gasteiger partial charge in [0.1, 0.15) is 0 Å². The molecule has 1 aromatic carbocycles. The molecule has 3 nitrogen and oxygen atoms in total. The SMILES string of the molecule is CCCOCC(O)Cc1cccc(OC)c1F. The largest absolute Gasteiger partial charge is 0.494 e. The van der Waals surface area contributed by atoms with Gasteiger partial charge in [0.2, 0.25) is 0 Å². The third-order valence-corrected chi connectivity index (χ3v) is 2.38. The lowest BCUT2D eigenvalue weighted by molar-refractivity contribution is 0.0370. The number of hydrogen-bond acceptors (Lipinski definition) is 3. The summed E-state index contributed by atoms with van der Waals surface area (Å²) < 4.78 is 23.8. The molecule has 0 radical (unpaired) electrons. The van der Waals surface area contributed by atoms with Crippen LogP contribution in [0, 0.1) is 5.82 Å². The minimum absolute atomic E-state index is 0.198. The molecule has 1 atom stereocenters. The third kappa shape index (κ3) is 4.32. The highest BCUT2D eigenvalue weighted by atomic mass is 19.1. The zero-order valence-electron chi connectivity index (χ0n) is 10.3. The van der Waals surface area contributed by atoms with Crippen LogP contribution < -0.4 is 4.74 Å². The normalized spacial score (nSPS) is 12.5. The summed E-state index contributed by atoms with van der Waals surface area (Å²) in [6.45, 7) is 2.83. The van der Waals surface area contributed by atoms with Crippen molar-refractivity contribution >= 4 is 0 Å². The van der Waals surface area contributed by atoms with E-state index in [0.29, 0.717) is 12.2 Å². The van der Waals surface area contributed by atoms with Gasteiger partial charge in [-0.1, -0.05) is 19.1 Å². The summed E-state index contributed by atoms with van der Waals surface area (Å²) in [4.78, 5) is 0. The van der Waals surface area contributed by atoms with Crippen molar-refractivity contribution in [2.24, 2.45) is 0 Å². The number of methoxy groups -OCH3 is 1. The average molecular weight is 242 g/mol. The molecular weight excluding hydrogens is 223 g/mol. The quantitative estimate of drug-likeness (QED) is 0.745. The molecule has 0 bridgehead atoms. The summed E-state index contributed by atoms with van der Waals surface area (Å²) in [6, 6.07) is 4.90. The van der Waals surface area contributed by atoms with Crippen molar-refractivity contribution in [1.82, 2.24) is 0 Å². The fraction of sp³-hybridized carbons (Fsp3) is 0.538. The highest BCUT2D eigenvalue weighted by molar-refractivity contribution is 5.31. The number of ether oxygens (including phenoxy) is 2. The highest BCUT2D eigenvalue weighted by Crippen LogP contribution is 2.21. The Morgan fingerprint density at radius 2 is 2.18 bits per heavy atom. The molecule has 96 valence electrons. The number of halogens is 1. The van der Waals surface area contributed by atoms with Crippen molar-refractivity contribution in [3.8, 4) is 5.75 Å². The molecule has 0 amide bonds. The Kier molecular flexibility index (Phi) is 5.94. The van der Waals surface area contributed by atoms with E-state index in [1.165, 1.54) is 7.11 Å². The Morgan fingerprint density at radius 3 is 2.82 bits per heavy atom. The standard InChI is InChI=1S/C13H19FO3/c1-3-7-17-9-11(15)8-10-5-4-6-12(16-2)13(10)14/h4-6,11,15H,3,7-9H2,1-2H3. The van der Waals surface area contributed by atoms with Crippen LogP contribution in [0.2, 0.25) is 0 Å². The van der Waals surface area contributed by atoms with Crippen LogP contribution in [-0.4, -0.2) is 31.5 Å². The monoisotopic (exact) mass is 242 g/mol. The maximum atomic E-state index is 13.7. The Labute approximate surface area is 101 Å². The summed E-state index contributed by atoms with van der Waals surface area (Å²) in [6.07, 6.45) is 0.440. The number of benzene rings is 1. The summed E-state index contributed by atoms with van der Waals surface area (Å²) >= 11 is 0. The molecule has 0 aliphatic heterocycles. The van der Waals surface area contributed by atoms with Crippen LogP contribution in [0.4, 0.5) is 4.39 Å². The van der Waals surface area contributed by atoms with Gasteiger partial charge in [0.25, 0.3) is 0 Å². The van der Waals surface area contributed by atoms with Gasteiger partial charge in [-0.3, -0.25) is 0 Å². The fourth-order valence-electron chi connectivity index (χ4n) is 1.55. The number of aliphatic hydroxyl groups is 1. The van der Waals surface area contributed by atoms with E-state index in [-0.39, 0.29) is 18.8 Å². The van der Waals surface area contributed by atoms with E-state index in [4.69, 9.17) is 9.47 Å². The molecule has 0 aromatic heterocycles. The molecule has 1 aromatic rings. The van der Waals surface area contributed by atoms with Crippen molar-refractivity contribution in [2.45, 2.75) is 25.9 Å². The molecule has 0 spiro atoms. The smallest absolute Gasteiger partial charge is 0.168 e. The molecule has 4 heteroatoms. The van der Waals surface area contributed by atoms with E-state index in [0.717, 1.165) is 6.42 Å². The molecule has 0 aliphatic rings. The zero-order valence-corrected chi connectivity index (χ0v) is 10.3. The molecule has 0 fully saturated rings. The van der Waals surface area contributed by atoms with Crippen LogP contribution in [-0.2, 0) is 11.2 Å². The van der Waals surface area contributed by atoms with Gasteiger partial charge in [-0.05, 0) is 18.1 Å². The predicted octanol–water partition coefficient (Wildman–Crippen LogP) is 2.16. The van der Waals surface area contributed by atoms with E-state index < -0.39 is 11.9 Å². The highest BCUT2D eigenvalue weighted by Gasteiger charge is 2.12. The van der Waals surface area contributed by atoms with Crippen LogP contribution in [0.25, 0.3) is 0 Å². The minimum Gasteiger partial charge on any atom is -0.494 e. The molecule has 0 aliphatic carbocycles. The average Bonchev–Trinajstić information content (AvgIpc) is 2.32. The summed E-state index contributed by atoms with van der Waals surface area (Å²) in [5.41, 5.74) is 0.442. The van der Waals surface area contributed by atoms with Gasteiger partial charge in [0, 0.05) is 13.0 Å². The summed E-state index contributed by atoms with van der Waals surface area (Å²) in [5.74, 6) is -0.214. The molecular formula is C13H19FO3. The first-order chi connectivity index (χ1) is 8.19. The molecule has 17 heavy (non-hydrogen) atoms. The van der Waals surface area contributed by atoms with Gasteiger partial charge >= 0.3 is 0 Å². The maximum Gasteiger partial charge on any atom is 0.168 e. The second kappa shape index (κ2) is 7.25. The van der Waals surface area contributed by atoms with E-state index in [1.54, 1.807) is 18.2 Å². The van der Waals surface area contributed by atoms with Crippen LogP contribution >= 0.6 is 0 Å². The summed E-state index contributed by atoms with van der Waals surface area (Å²) in [5, 5.41) is 9.68. The Morgan fingerprint density at radius 1 is 1.41 bits per heavy atom. The molecule has 0 saturated carbocycles. The van der Waals surface area contributed by atoms with E-state index in [9.17, 15) is 9.50 Å². The van der Waals surface area contributed by atoms with E-state index in [2.05, 4.69) is 0 Å². The summed E-state index contributed by atoms with van der Waals surface area (Å²) in [7, 11) is 1.42. The first-order valence-corrected chi connectivity index (χ1v) is 5.76. The fourth-order valence-corrected chi connectivity index (χ4v) is 1.55. The Balaban J connectivity index is 2.55. The lowest BCUT2D eigenvalue weighted by Gasteiger charge is -2.12. The van der Waals surface area contributed by atoms with Gasteiger partial charge in [-0.15, -0.1) is 0 Å². The third-order valence-electron chi connectivity index (χ3n) is 2.38. The maximum absolute atomic E-state index is 13.7. The lowest BCUT2D eigenvalue weighted by atomic mass is 10.1. The van der Waals surface area contributed by atoms with Crippen molar-refractivity contribution in [2.75, 3.05) is 20.3 Å². The van der Waals surface area contributed by atoms with Crippen molar-refractivity contribution in [3.05, 3.63) is 29.6 Å². The zero-order chi connectivity index (χ0) is 12.7. The first kappa shape index (κ1) is 13.9. The van der Waals surface area contributed by atoms with E-state index in [1.807, 2.05) is 6.92 Å². The second-order valence-electron chi connectivity index (χ2n) is 3.87. The van der Waals surface area contributed by atoms with Crippen LogP contribution in [0.3, 0.4) is 0 Å². The molecule has 1 N–H and O–H groups in total. The van der Waals surface area contributed by atoms with Crippen LogP contribution in [0.1, 0.15) is 18.9 Å². The van der Waals surface area contributed by atoms with Gasteiger partial charge < -0.3 is 14.6 Å². The Bertz CT molecular complexity index is 341. The van der Waals surface area contributed by atoms with Crippen molar-refractivity contribution in [3.63, 3.8) is 0 Å². The van der Waals surface area contributed by atoms with Gasteiger partial charge in [-0.2, -0.15) is 0 Å². The Hall–Kier alpha value is -1.13. The predicted molar refractivity (Wildman–Crippen MR) is 63.8 cm³/mol. The second-order valence-corrected chi connectivity index (χ2v) is 3.87.